The Balaban J connectivity index is 2.01. The Morgan fingerprint density at radius 2 is 2.10 bits per heavy atom. The van der Waals surface area contributed by atoms with E-state index in [2.05, 4.69) is 41.0 Å². The van der Waals surface area contributed by atoms with Crippen LogP contribution in [0.1, 0.15) is 45.9 Å². The van der Waals surface area contributed by atoms with Gasteiger partial charge in [0.2, 0.25) is 0 Å². The van der Waals surface area contributed by atoms with Crippen LogP contribution in [0, 0.1) is 5.92 Å². The molecular formula is C16H28N4. The molecule has 4 heteroatoms. The van der Waals surface area contributed by atoms with Crippen molar-refractivity contribution < 1.29 is 0 Å². The first kappa shape index (κ1) is 15.4. The highest BCUT2D eigenvalue weighted by Crippen LogP contribution is 2.18. The number of nitrogens with zero attached hydrogens (tertiary/aromatic N) is 3. The molecule has 1 fully saturated rings. The Morgan fingerprint density at radius 1 is 1.35 bits per heavy atom. The summed E-state index contributed by atoms with van der Waals surface area (Å²) in [5.74, 6) is 1.67. The van der Waals surface area contributed by atoms with Crippen molar-refractivity contribution in [1.82, 2.24) is 20.2 Å². The molecule has 2 unspecified atom stereocenters. The zero-order valence-electron chi connectivity index (χ0n) is 13.0. The largest absolute Gasteiger partial charge is 0.311 e. The predicted octanol–water partition coefficient (Wildman–Crippen LogP) is 2.47. The van der Waals surface area contributed by atoms with Crippen molar-refractivity contribution in [2.24, 2.45) is 5.92 Å². The predicted molar refractivity (Wildman–Crippen MR) is 82.4 cm³/mol. The summed E-state index contributed by atoms with van der Waals surface area (Å²) < 4.78 is 0. The van der Waals surface area contributed by atoms with Crippen LogP contribution in [0.2, 0.25) is 0 Å². The van der Waals surface area contributed by atoms with Crippen LogP contribution >= 0.6 is 0 Å². The van der Waals surface area contributed by atoms with E-state index in [0.29, 0.717) is 12.1 Å². The summed E-state index contributed by atoms with van der Waals surface area (Å²) in [4.78, 5) is 11.3. The lowest BCUT2D eigenvalue weighted by Crippen LogP contribution is -2.56. The number of rotatable bonds is 6. The van der Waals surface area contributed by atoms with E-state index >= 15 is 0 Å². The molecule has 0 amide bonds. The Morgan fingerprint density at radius 3 is 2.75 bits per heavy atom. The highest BCUT2D eigenvalue weighted by atomic mass is 15.2. The second-order valence-electron chi connectivity index (χ2n) is 6.27. The maximum atomic E-state index is 4.38. The van der Waals surface area contributed by atoms with Crippen LogP contribution in [0.15, 0.2) is 18.5 Å². The highest BCUT2D eigenvalue weighted by Gasteiger charge is 2.28. The lowest BCUT2D eigenvalue weighted by Gasteiger charge is -2.41. The van der Waals surface area contributed by atoms with Crippen molar-refractivity contribution in [3.63, 3.8) is 0 Å². The van der Waals surface area contributed by atoms with Crippen molar-refractivity contribution in [2.45, 2.75) is 58.7 Å². The van der Waals surface area contributed by atoms with Crippen molar-refractivity contribution in [3.05, 3.63) is 24.3 Å². The van der Waals surface area contributed by atoms with Crippen LogP contribution in [-0.2, 0) is 6.54 Å². The average molecular weight is 276 g/mol. The smallest absolute Gasteiger partial charge is 0.142 e. The monoisotopic (exact) mass is 276 g/mol. The topological polar surface area (TPSA) is 41.1 Å². The van der Waals surface area contributed by atoms with Crippen LogP contribution in [0.3, 0.4) is 0 Å². The number of hydrogen-bond acceptors (Lipinski definition) is 4. The summed E-state index contributed by atoms with van der Waals surface area (Å²) in [6.07, 6.45) is 7.40. The maximum Gasteiger partial charge on any atom is 0.142 e. The van der Waals surface area contributed by atoms with Gasteiger partial charge in [-0.3, -0.25) is 4.90 Å². The number of hydrogen-bond donors (Lipinski definition) is 1. The number of piperazine rings is 1. The maximum absolute atomic E-state index is 4.38. The minimum atomic E-state index is 0.604. The van der Waals surface area contributed by atoms with Crippen LogP contribution in [0.25, 0.3) is 0 Å². The molecule has 0 saturated carbocycles. The van der Waals surface area contributed by atoms with Gasteiger partial charge < -0.3 is 5.32 Å². The third-order valence-electron chi connectivity index (χ3n) is 3.96. The molecule has 4 nitrogen and oxygen atoms in total. The molecule has 1 aromatic heterocycles. The van der Waals surface area contributed by atoms with E-state index in [-0.39, 0.29) is 0 Å². The van der Waals surface area contributed by atoms with E-state index in [4.69, 9.17) is 0 Å². The zero-order chi connectivity index (χ0) is 14.4. The molecule has 1 aliphatic rings. The fourth-order valence-corrected chi connectivity index (χ4v) is 3.03. The molecule has 1 aliphatic heterocycles. The molecule has 2 heterocycles. The molecule has 2 rings (SSSR count). The average Bonchev–Trinajstić information content (AvgIpc) is 2.43. The minimum absolute atomic E-state index is 0.604. The van der Waals surface area contributed by atoms with Crippen LogP contribution in [0.4, 0.5) is 0 Å². The summed E-state index contributed by atoms with van der Waals surface area (Å²) in [6, 6.07) is 3.10. The third-order valence-corrected chi connectivity index (χ3v) is 3.96. The first-order valence-corrected chi connectivity index (χ1v) is 7.92. The third kappa shape index (κ3) is 4.53. The Hall–Kier alpha value is -1.00. The van der Waals surface area contributed by atoms with Gasteiger partial charge in [0.25, 0.3) is 0 Å². The fraction of sp³-hybridized carbons (Fsp3) is 0.750. The molecule has 1 saturated heterocycles. The van der Waals surface area contributed by atoms with Gasteiger partial charge in [-0.05, 0) is 24.8 Å². The van der Waals surface area contributed by atoms with E-state index in [1.807, 2.05) is 18.5 Å². The first-order chi connectivity index (χ1) is 9.69. The van der Waals surface area contributed by atoms with Crippen molar-refractivity contribution in [3.8, 4) is 0 Å². The summed E-state index contributed by atoms with van der Waals surface area (Å²) >= 11 is 0. The van der Waals surface area contributed by atoms with Gasteiger partial charge in [-0.25, -0.2) is 9.97 Å². The molecule has 0 aliphatic carbocycles. The van der Waals surface area contributed by atoms with Crippen LogP contribution in [-0.4, -0.2) is 40.0 Å². The Labute approximate surface area is 123 Å². The van der Waals surface area contributed by atoms with E-state index in [1.165, 1.54) is 19.3 Å². The number of nitrogens with one attached hydrogen (secondary N) is 1. The molecule has 1 N–H and O–H groups in total. The van der Waals surface area contributed by atoms with Crippen molar-refractivity contribution in [1.29, 1.82) is 0 Å². The van der Waals surface area contributed by atoms with E-state index in [1.54, 1.807) is 0 Å². The Kier molecular flexibility index (Phi) is 5.92. The quantitative estimate of drug-likeness (QED) is 0.866. The van der Waals surface area contributed by atoms with Crippen molar-refractivity contribution in [2.75, 3.05) is 13.1 Å². The van der Waals surface area contributed by atoms with Gasteiger partial charge in [0.15, 0.2) is 0 Å². The first-order valence-electron chi connectivity index (χ1n) is 7.92. The van der Waals surface area contributed by atoms with E-state index < -0.39 is 0 Å². The van der Waals surface area contributed by atoms with Crippen LogP contribution < -0.4 is 5.32 Å². The second-order valence-corrected chi connectivity index (χ2v) is 6.27. The Bertz CT molecular complexity index is 379. The van der Waals surface area contributed by atoms with Crippen molar-refractivity contribution >= 4 is 0 Å². The fourth-order valence-electron chi connectivity index (χ4n) is 3.03. The van der Waals surface area contributed by atoms with Gasteiger partial charge in [-0.1, -0.05) is 27.2 Å². The summed E-state index contributed by atoms with van der Waals surface area (Å²) in [5, 5.41) is 3.71. The van der Waals surface area contributed by atoms with Gasteiger partial charge >= 0.3 is 0 Å². The molecule has 0 aromatic carbocycles. The summed E-state index contributed by atoms with van der Waals surface area (Å²) in [7, 11) is 0. The van der Waals surface area contributed by atoms with E-state index in [9.17, 15) is 0 Å². The normalized spacial score (nSPS) is 24.2. The number of aromatic nitrogens is 2. The van der Waals surface area contributed by atoms with Crippen LogP contribution in [0.5, 0.6) is 0 Å². The standard InChI is InChI=1S/C16H28N4/c1-4-6-14-11-20(12-16-17-7-5-8-18-16)15(10-19-14)9-13(2)3/h5,7-8,13-15,19H,4,6,9-12H2,1-3H3. The van der Waals surface area contributed by atoms with Gasteiger partial charge in [0.05, 0.1) is 6.54 Å². The molecule has 2 atom stereocenters. The van der Waals surface area contributed by atoms with E-state index in [0.717, 1.165) is 31.4 Å². The molecule has 1 aromatic rings. The summed E-state index contributed by atoms with van der Waals surface area (Å²) in [5.41, 5.74) is 0. The zero-order valence-corrected chi connectivity index (χ0v) is 13.0. The molecule has 0 radical (unpaired) electrons. The SMILES string of the molecule is CCCC1CN(Cc2ncccn2)C(CC(C)C)CN1. The second kappa shape index (κ2) is 7.70. The lowest BCUT2D eigenvalue weighted by molar-refractivity contribution is 0.101. The lowest BCUT2D eigenvalue weighted by atomic mass is 9.97. The highest BCUT2D eigenvalue weighted by molar-refractivity contribution is 4.93. The molecule has 0 bridgehead atoms. The van der Waals surface area contributed by atoms with Gasteiger partial charge in [-0.15, -0.1) is 0 Å². The molecular weight excluding hydrogens is 248 g/mol. The minimum Gasteiger partial charge on any atom is -0.311 e. The summed E-state index contributed by atoms with van der Waals surface area (Å²) in [6.45, 7) is 9.94. The molecule has 112 valence electrons. The molecule has 0 spiro atoms. The van der Waals surface area contributed by atoms with Gasteiger partial charge in [0, 0.05) is 37.6 Å². The van der Waals surface area contributed by atoms with Gasteiger partial charge in [-0.2, -0.15) is 0 Å². The molecule has 20 heavy (non-hydrogen) atoms. The van der Waals surface area contributed by atoms with Gasteiger partial charge in [0.1, 0.15) is 5.82 Å².